The van der Waals surface area contributed by atoms with Crippen molar-refractivity contribution >= 4 is 21.7 Å². The van der Waals surface area contributed by atoms with Crippen LogP contribution in [0.3, 0.4) is 0 Å². The summed E-state index contributed by atoms with van der Waals surface area (Å²) in [4.78, 5) is 10.9. The lowest BCUT2D eigenvalue weighted by molar-refractivity contribution is 0.0696. The molecular weight excluding hydrogens is 346 g/mol. The van der Waals surface area contributed by atoms with Crippen molar-refractivity contribution in [2.24, 2.45) is 0 Å². The first-order chi connectivity index (χ1) is 11.9. The van der Waals surface area contributed by atoms with Crippen LogP contribution in [-0.2, 0) is 10.0 Å². The zero-order valence-electron chi connectivity index (χ0n) is 13.9. The van der Waals surface area contributed by atoms with Gasteiger partial charge in [0.1, 0.15) is 0 Å². The highest BCUT2D eigenvalue weighted by Gasteiger charge is 2.17. The van der Waals surface area contributed by atoms with Gasteiger partial charge in [-0.3, -0.25) is 4.72 Å². The number of carboxylic acid groups (broad SMARTS) is 1. The Morgan fingerprint density at radius 3 is 2.36 bits per heavy atom. The molecule has 0 unspecified atom stereocenters. The Hall–Kier alpha value is -2.74. The summed E-state index contributed by atoms with van der Waals surface area (Å²) in [5, 5.41) is 9.00. The molecule has 0 aromatic heterocycles. The van der Waals surface area contributed by atoms with E-state index in [0.29, 0.717) is 24.7 Å². The molecule has 25 heavy (non-hydrogen) atoms. The van der Waals surface area contributed by atoms with Crippen molar-refractivity contribution in [3.8, 4) is 11.5 Å². The fraction of sp³-hybridized carbons (Fsp3) is 0.235. The van der Waals surface area contributed by atoms with E-state index in [2.05, 4.69) is 4.72 Å². The maximum atomic E-state index is 12.5. The molecule has 0 bridgehead atoms. The summed E-state index contributed by atoms with van der Waals surface area (Å²) in [6, 6.07) is 9.81. The Morgan fingerprint density at radius 1 is 1.04 bits per heavy atom. The normalized spacial score (nSPS) is 11.0. The summed E-state index contributed by atoms with van der Waals surface area (Å²) in [5.41, 5.74) is 0.178. The summed E-state index contributed by atoms with van der Waals surface area (Å²) >= 11 is 0. The molecule has 2 aromatic rings. The number of hydrogen-bond donors (Lipinski definition) is 2. The molecule has 8 heteroatoms. The predicted molar refractivity (Wildman–Crippen MR) is 93.0 cm³/mol. The average Bonchev–Trinajstić information content (AvgIpc) is 2.57. The maximum absolute atomic E-state index is 12.5. The third-order valence-electron chi connectivity index (χ3n) is 3.19. The number of aromatic carboxylic acids is 1. The largest absolute Gasteiger partial charge is 0.490 e. The number of anilines is 1. The summed E-state index contributed by atoms with van der Waals surface area (Å²) in [6.07, 6.45) is 0. The summed E-state index contributed by atoms with van der Waals surface area (Å²) < 4.78 is 38.3. The Balaban J connectivity index is 2.32. The van der Waals surface area contributed by atoms with Gasteiger partial charge in [0.25, 0.3) is 10.0 Å². The summed E-state index contributed by atoms with van der Waals surface area (Å²) in [5.74, 6) is -0.263. The first-order valence-corrected chi connectivity index (χ1v) is 9.11. The van der Waals surface area contributed by atoms with Crippen molar-refractivity contribution < 1.29 is 27.8 Å². The Labute approximate surface area is 146 Å². The molecule has 2 aromatic carbocycles. The van der Waals surface area contributed by atoms with Crippen molar-refractivity contribution in [2.75, 3.05) is 17.9 Å². The molecule has 0 saturated carbocycles. The molecular formula is C17H19NO6S. The molecule has 2 rings (SSSR count). The van der Waals surface area contributed by atoms with E-state index in [0.717, 1.165) is 6.07 Å². The van der Waals surface area contributed by atoms with E-state index in [-0.39, 0.29) is 16.1 Å². The standard InChI is InChI=1S/C17H19NO6S/c1-3-23-15-9-8-13(11-16(15)24-4-2)18-25(21,22)14-7-5-6-12(10-14)17(19)20/h5-11,18H,3-4H2,1-2H3,(H,19,20). The number of carboxylic acids is 1. The van der Waals surface area contributed by atoms with Gasteiger partial charge >= 0.3 is 5.97 Å². The number of ether oxygens (including phenoxy) is 2. The number of hydrogen-bond acceptors (Lipinski definition) is 5. The fourth-order valence-corrected chi connectivity index (χ4v) is 3.22. The first kappa shape index (κ1) is 18.6. The smallest absolute Gasteiger partial charge is 0.335 e. The van der Waals surface area contributed by atoms with Crippen molar-refractivity contribution in [1.82, 2.24) is 0 Å². The molecule has 0 atom stereocenters. The summed E-state index contributed by atoms with van der Waals surface area (Å²) in [6.45, 7) is 4.50. The minimum absolute atomic E-state index is 0.107. The van der Waals surface area contributed by atoms with Gasteiger partial charge in [0.15, 0.2) is 11.5 Å². The van der Waals surface area contributed by atoms with Crippen LogP contribution in [0.25, 0.3) is 0 Å². The van der Waals surface area contributed by atoms with Gasteiger partial charge in [0, 0.05) is 6.07 Å². The highest BCUT2D eigenvalue weighted by Crippen LogP contribution is 2.31. The van der Waals surface area contributed by atoms with Crippen LogP contribution in [0, 0.1) is 0 Å². The number of rotatable bonds is 8. The lowest BCUT2D eigenvalue weighted by Gasteiger charge is -2.14. The molecule has 0 fully saturated rings. The second-order valence-electron chi connectivity index (χ2n) is 4.97. The Bertz CT molecular complexity index is 863. The molecule has 0 heterocycles. The Morgan fingerprint density at radius 2 is 1.72 bits per heavy atom. The second kappa shape index (κ2) is 7.89. The van der Waals surface area contributed by atoms with Crippen LogP contribution in [0.1, 0.15) is 24.2 Å². The highest BCUT2D eigenvalue weighted by molar-refractivity contribution is 7.92. The van der Waals surface area contributed by atoms with E-state index in [1.54, 1.807) is 12.1 Å². The van der Waals surface area contributed by atoms with Crippen LogP contribution >= 0.6 is 0 Å². The lowest BCUT2D eigenvalue weighted by atomic mass is 10.2. The first-order valence-electron chi connectivity index (χ1n) is 7.63. The third-order valence-corrected chi connectivity index (χ3v) is 4.57. The minimum atomic E-state index is -3.94. The molecule has 0 aliphatic carbocycles. The molecule has 0 saturated heterocycles. The zero-order chi connectivity index (χ0) is 18.4. The van der Waals surface area contributed by atoms with Gasteiger partial charge in [-0.2, -0.15) is 0 Å². The molecule has 0 radical (unpaired) electrons. The van der Waals surface area contributed by atoms with E-state index in [4.69, 9.17) is 14.6 Å². The van der Waals surface area contributed by atoms with Crippen molar-refractivity contribution in [3.05, 3.63) is 48.0 Å². The second-order valence-corrected chi connectivity index (χ2v) is 6.65. The quantitative estimate of drug-likeness (QED) is 0.746. The van der Waals surface area contributed by atoms with E-state index in [9.17, 15) is 13.2 Å². The SMILES string of the molecule is CCOc1ccc(NS(=O)(=O)c2cccc(C(=O)O)c2)cc1OCC. The van der Waals surface area contributed by atoms with Gasteiger partial charge < -0.3 is 14.6 Å². The lowest BCUT2D eigenvalue weighted by Crippen LogP contribution is -2.14. The van der Waals surface area contributed by atoms with Gasteiger partial charge in [-0.25, -0.2) is 13.2 Å². The van der Waals surface area contributed by atoms with E-state index < -0.39 is 16.0 Å². The van der Waals surface area contributed by atoms with Crippen LogP contribution < -0.4 is 14.2 Å². The van der Waals surface area contributed by atoms with E-state index in [1.807, 2.05) is 13.8 Å². The topological polar surface area (TPSA) is 102 Å². The zero-order valence-corrected chi connectivity index (χ0v) is 14.7. The summed E-state index contributed by atoms with van der Waals surface area (Å²) in [7, 11) is -3.94. The molecule has 7 nitrogen and oxygen atoms in total. The monoisotopic (exact) mass is 365 g/mol. The number of nitrogens with one attached hydrogen (secondary N) is 1. The number of sulfonamides is 1. The van der Waals surface area contributed by atoms with Gasteiger partial charge in [-0.1, -0.05) is 6.07 Å². The van der Waals surface area contributed by atoms with Gasteiger partial charge in [0.2, 0.25) is 0 Å². The predicted octanol–water partition coefficient (Wildman–Crippen LogP) is 2.98. The number of benzene rings is 2. The van der Waals surface area contributed by atoms with E-state index >= 15 is 0 Å². The van der Waals surface area contributed by atoms with Crippen molar-refractivity contribution in [3.63, 3.8) is 0 Å². The van der Waals surface area contributed by atoms with Crippen LogP contribution in [0.2, 0.25) is 0 Å². The fourth-order valence-electron chi connectivity index (χ4n) is 2.12. The van der Waals surface area contributed by atoms with Gasteiger partial charge in [-0.15, -0.1) is 0 Å². The minimum Gasteiger partial charge on any atom is -0.490 e. The molecule has 0 amide bonds. The maximum Gasteiger partial charge on any atom is 0.335 e. The Kier molecular flexibility index (Phi) is 5.87. The van der Waals surface area contributed by atoms with Crippen molar-refractivity contribution in [2.45, 2.75) is 18.7 Å². The van der Waals surface area contributed by atoms with Crippen LogP contribution in [0.4, 0.5) is 5.69 Å². The molecule has 0 aliphatic heterocycles. The van der Waals surface area contributed by atoms with Gasteiger partial charge in [-0.05, 0) is 44.2 Å². The van der Waals surface area contributed by atoms with Crippen LogP contribution in [0.15, 0.2) is 47.4 Å². The number of carbonyl (C=O) groups is 1. The third kappa shape index (κ3) is 4.63. The molecule has 0 spiro atoms. The van der Waals surface area contributed by atoms with Crippen molar-refractivity contribution in [1.29, 1.82) is 0 Å². The average molecular weight is 365 g/mol. The van der Waals surface area contributed by atoms with Crippen LogP contribution in [0.5, 0.6) is 11.5 Å². The highest BCUT2D eigenvalue weighted by atomic mass is 32.2. The molecule has 134 valence electrons. The van der Waals surface area contributed by atoms with Gasteiger partial charge in [0.05, 0.1) is 29.4 Å². The molecule has 0 aliphatic rings. The molecule has 2 N–H and O–H groups in total. The van der Waals surface area contributed by atoms with E-state index in [1.165, 1.54) is 24.3 Å². The van der Waals surface area contributed by atoms with Crippen LogP contribution in [-0.4, -0.2) is 32.7 Å².